The van der Waals surface area contributed by atoms with Gasteiger partial charge in [0.25, 0.3) is 0 Å². The first-order valence-corrected chi connectivity index (χ1v) is 16.4. The van der Waals surface area contributed by atoms with E-state index in [1.165, 1.54) is 32.3 Å². The van der Waals surface area contributed by atoms with E-state index in [4.69, 9.17) is 15.0 Å². The van der Waals surface area contributed by atoms with Crippen LogP contribution in [-0.2, 0) is 0 Å². The maximum Gasteiger partial charge on any atom is 0.124 e. The zero-order valence-corrected chi connectivity index (χ0v) is 26.3. The second kappa shape index (κ2) is 10.7. The second-order valence-electron chi connectivity index (χ2n) is 12.5. The fraction of sp³-hybridized carbons (Fsp3) is 0. The maximum atomic E-state index is 10.5. The average molecular weight is 626 g/mol. The quantitative estimate of drug-likeness (QED) is 0.199. The predicted octanol–water partition coefficient (Wildman–Crippen LogP) is 11.5. The van der Waals surface area contributed by atoms with Crippen LogP contribution in [-0.4, -0.2) is 20.1 Å². The van der Waals surface area contributed by atoms with Crippen LogP contribution in [0.5, 0.6) is 5.75 Å². The molecule has 228 valence electrons. The number of benzene rings is 7. The minimum Gasteiger partial charge on any atom is -0.507 e. The molecule has 0 saturated heterocycles. The van der Waals surface area contributed by atoms with Gasteiger partial charge < -0.3 is 5.11 Å². The third-order valence-electron chi connectivity index (χ3n) is 9.79. The summed E-state index contributed by atoms with van der Waals surface area (Å²) in [6.07, 6.45) is 1.99. The highest BCUT2D eigenvalue weighted by molar-refractivity contribution is 6.26. The maximum absolute atomic E-state index is 10.5. The van der Waals surface area contributed by atoms with Crippen molar-refractivity contribution in [2.75, 3.05) is 0 Å². The predicted molar refractivity (Wildman–Crippen MR) is 203 cm³/mol. The highest BCUT2D eigenvalue weighted by Crippen LogP contribution is 2.40. The van der Waals surface area contributed by atoms with E-state index in [1.54, 1.807) is 6.07 Å². The summed E-state index contributed by atoms with van der Waals surface area (Å²) in [7, 11) is 0. The molecule has 0 bridgehead atoms. The van der Waals surface area contributed by atoms with Gasteiger partial charge in [-0.2, -0.15) is 0 Å². The van der Waals surface area contributed by atoms with Crippen molar-refractivity contribution in [3.8, 4) is 39.5 Å². The van der Waals surface area contributed by atoms with Gasteiger partial charge in [-0.25, -0.2) is 9.97 Å². The summed E-state index contributed by atoms with van der Waals surface area (Å²) < 4.78 is 0. The first kappa shape index (κ1) is 27.5. The van der Waals surface area contributed by atoms with Crippen LogP contribution >= 0.6 is 0 Å². The van der Waals surface area contributed by atoms with E-state index in [1.807, 2.05) is 42.6 Å². The van der Waals surface area contributed by atoms with Crippen LogP contribution < -0.4 is 0 Å². The van der Waals surface area contributed by atoms with Crippen molar-refractivity contribution in [1.82, 2.24) is 15.0 Å². The van der Waals surface area contributed by atoms with Gasteiger partial charge in [0.1, 0.15) is 5.75 Å². The van der Waals surface area contributed by atoms with Crippen molar-refractivity contribution < 1.29 is 5.11 Å². The van der Waals surface area contributed by atoms with Gasteiger partial charge in [-0.3, -0.25) is 4.98 Å². The van der Waals surface area contributed by atoms with Gasteiger partial charge in [-0.05, 0) is 73.6 Å². The van der Waals surface area contributed by atoms with E-state index in [0.717, 1.165) is 55.1 Å². The second-order valence-corrected chi connectivity index (χ2v) is 12.5. The highest BCUT2D eigenvalue weighted by Gasteiger charge is 2.16. The van der Waals surface area contributed by atoms with Crippen molar-refractivity contribution in [3.63, 3.8) is 0 Å². The van der Waals surface area contributed by atoms with Crippen molar-refractivity contribution in [1.29, 1.82) is 0 Å². The Kier molecular flexibility index (Phi) is 5.99. The Hall–Kier alpha value is -6.65. The molecule has 0 radical (unpaired) electrons. The monoisotopic (exact) mass is 625 g/mol. The lowest BCUT2D eigenvalue weighted by atomic mass is 9.91. The molecule has 0 fully saturated rings. The number of hydrogen-bond donors (Lipinski definition) is 1. The van der Waals surface area contributed by atoms with Gasteiger partial charge in [-0.1, -0.05) is 121 Å². The van der Waals surface area contributed by atoms with Crippen LogP contribution in [0.1, 0.15) is 0 Å². The number of fused-ring (bicyclic) bond motifs is 10. The molecular formula is C45H27N3O. The number of phenolic OH excluding ortho intramolecular Hbond substituents is 1. The van der Waals surface area contributed by atoms with Crippen LogP contribution in [0.3, 0.4) is 0 Å². The Morgan fingerprint density at radius 3 is 1.57 bits per heavy atom. The largest absolute Gasteiger partial charge is 0.507 e. The van der Waals surface area contributed by atoms with Crippen LogP contribution in [0, 0.1) is 0 Å². The molecule has 3 aromatic heterocycles. The lowest BCUT2D eigenvalue weighted by Gasteiger charge is -2.14. The van der Waals surface area contributed by atoms with Crippen molar-refractivity contribution >= 4 is 64.9 Å². The van der Waals surface area contributed by atoms with Crippen LogP contribution in [0.15, 0.2) is 158 Å². The van der Waals surface area contributed by atoms with Crippen molar-refractivity contribution in [2.45, 2.75) is 0 Å². The first-order valence-electron chi connectivity index (χ1n) is 16.4. The lowest BCUT2D eigenvalue weighted by Crippen LogP contribution is -1.94. The van der Waals surface area contributed by atoms with E-state index < -0.39 is 0 Å². The van der Waals surface area contributed by atoms with Gasteiger partial charge in [0.15, 0.2) is 0 Å². The normalized spacial score (nSPS) is 11.8. The van der Waals surface area contributed by atoms with Gasteiger partial charge in [-0.15, -0.1) is 0 Å². The van der Waals surface area contributed by atoms with Crippen LogP contribution in [0.2, 0.25) is 0 Å². The number of nitrogens with zero attached hydrogens (tertiary/aromatic N) is 3. The molecule has 0 unspecified atom stereocenters. The molecule has 0 spiro atoms. The number of aromatic hydroxyl groups is 1. The van der Waals surface area contributed by atoms with Crippen LogP contribution in [0.25, 0.3) is 98.7 Å². The zero-order valence-electron chi connectivity index (χ0n) is 26.3. The molecule has 0 saturated carbocycles. The average Bonchev–Trinajstić information content (AvgIpc) is 3.17. The van der Waals surface area contributed by atoms with Gasteiger partial charge in [0.05, 0.1) is 28.1 Å². The van der Waals surface area contributed by atoms with E-state index in [0.29, 0.717) is 11.3 Å². The van der Waals surface area contributed by atoms with E-state index in [-0.39, 0.29) is 5.75 Å². The Labute approximate surface area is 281 Å². The SMILES string of the molecule is Oc1ccccc1-c1ccc2ccc3ccc(-c4ncc(-c5ccc6c7ccccc7c7ccccc7c6c5)c5ccccc45)nc3c2n1. The molecule has 0 aliphatic rings. The number of hydrogen-bond acceptors (Lipinski definition) is 4. The number of aromatic nitrogens is 3. The van der Waals surface area contributed by atoms with E-state index in [9.17, 15) is 5.11 Å². The summed E-state index contributed by atoms with van der Waals surface area (Å²) in [5, 5.41) is 22.2. The zero-order chi connectivity index (χ0) is 32.5. The number of phenols is 1. The molecular weight excluding hydrogens is 599 g/mol. The summed E-state index contributed by atoms with van der Waals surface area (Å²) in [6, 6.07) is 52.2. The molecule has 3 heterocycles. The van der Waals surface area contributed by atoms with Gasteiger partial charge in [0.2, 0.25) is 0 Å². The molecule has 4 heteroatoms. The Morgan fingerprint density at radius 1 is 0.388 bits per heavy atom. The molecule has 7 aromatic carbocycles. The molecule has 10 aromatic rings. The molecule has 49 heavy (non-hydrogen) atoms. The topological polar surface area (TPSA) is 58.9 Å². The minimum atomic E-state index is 0.201. The molecule has 0 amide bonds. The molecule has 1 N–H and O–H groups in total. The molecule has 0 aliphatic heterocycles. The third kappa shape index (κ3) is 4.28. The molecule has 4 nitrogen and oxygen atoms in total. The summed E-state index contributed by atoms with van der Waals surface area (Å²) in [4.78, 5) is 15.3. The third-order valence-corrected chi connectivity index (χ3v) is 9.79. The Bertz CT molecular complexity index is 2930. The number of para-hydroxylation sites is 1. The lowest BCUT2D eigenvalue weighted by molar-refractivity contribution is 0.477. The van der Waals surface area contributed by atoms with Gasteiger partial charge in [0, 0.05) is 33.5 Å². The van der Waals surface area contributed by atoms with Crippen LogP contribution in [0.4, 0.5) is 0 Å². The highest BCUT2D eigenvalue weighted by atomic mass is 16.3. The summed E-state index contributed by atoms with van der Waals surface area (Å²) in [5.41, 5.74) is 6.80. The van der Waals surface area contributed by atoms with Gasteiger partial charge >= 0.3 is 0 Å². The fourth-order valence-corrected chi connectivity index (χ4v) is 7.44. The molecule has 0 atom stereocenters. The van der Waals surface area contributed by atoms with Crippen molar-refractivity contribution in [2.24, 2.45) is 0 Å². The summed E-state index contributed by atoms with van der Waals surface area (Å²) in [6.45, 7) is 0. The molecule has 10 rings (SSSR count). The Balaban J connectivity index is 1.16. The smallest absolute Gasteiger partial charge is 0.124 e. The van der Waals surface area contributed by atoms with E-state index in [2.05, 4.69) is 109 Å². The minimum absolute atomic E-state index is 0.201. The number of pyridine rings is 3. The first-order chi connectivity index (χ1) is 24.2. The van der Waals surface area contributed by atoms with Crippen molar-refractivity contribution in [3.05, 3.63) is 158 Å². The summed E-state index contributed by atoms with van der Waals surface area (Å²) in [5.74, 6) is 0.201. The van der Waals surface area contributed by atoms with E-state index >= 15 is 0 Å². The Morgan fingerprint density at radius 2 is 0.898 bits per heavy atom. The number of rotatable bonds is 3. The summed E-state index contributed by atoms with van der Waals surface area (Å²) >= 11 is 0. The molecule has 0 aliphatic carbocycles. The standard InChI is InChI=1S/C45H27N3O/c49-42-16-8-7-15-37(42)40-23-20-27-17-18-28-21-24-41(48-44(28)43(27)47-40)45-36-14-6-5-13-34(36)39(26-46-45)29-19-22-35-32-11-2-1-9-30(32)31-10-3-4-12-33(31)38(35)25-29/h1-26,49H. The fourth-order valence-electron chi connectivity index (χ4n) is 7.44.